The van der Waals surface area contributed by atoms with E-state index >= 15 is 0 Å². The maximum absolute atomic E-state index is 12.3. The van der Waals surface area contributed by atoms with E-state index in [-0.39, 0.29) is 13.2 Å². The molecule has 0 radical (unpaired) electrons. The Morgan fingerprint density at radius 2 is 1.25 bits per heavy atom. The van der Waals surface area contributed by atoms with E-state index in [9.17, 15) is 9.46 Å². The molecule has 0 aliphatic heterocycles. The summed E-state index contributed by atoms with van der Waals surface area (Å²) in [5, 5.41) is 0. The first kappa shape index (κ1) is 36.0. The second-order valence-corrected chi connectivity index (χ2v) is 13.0. The van der Waals surface area contributed by atoms with Crippen molar-refractivity contribution in [1.82, 2.24) is 4.90 Å². The Hall–Kier alpha value is -0.0100. The molecule has 2 atom stereocenters. The van der Waals surface area contributed by atoms with Crippen molar-refractivity contribution in [3.63, 3.8) is 0 Å². The van der Waals surface area contributed by atoms with E-state index in [2.05, 4.69) is 11.8 Å². The van der Waals surface area contributed by atoms with Crippen LogP contribution >= 0.6 is 7.82 Å². The molecular weight excluding hydrogens is 475 g/mol. The molecule has 0 fully saturated rings. The molecule has 0 heterocycles. The fraction of sp³-hybridized carbons (Fsp3) is 1.00. The minimum Gasteiger partial charge on any atom is -0.382 e. The largest absolute Gasteiger partial charge is 0.472 e. The zero-order valence-electron chi connectivity index (χ0n) is 24.8. The van der Waals surface area contributed by atoms with E-state index in [1.165, 1.54) is 96.3 Å². The summed E-state index contributed by atoms with van der Waals surface area (Å²) in [5.74, 6) is 0. The molecule has 0 aliphatic carbocycles. The number of rotatable bonds is 27. The van der Waals surface area contributed by atoms with Gasteiger partial charge in [-0.3, -0.25) is 9.05 Å². The summed E-state index contributed by atoms with van der Waals surface area (Å²) in [6, 6.07) is 0. The normalized spacial score (nSPS) is 14.9. The van der Waals surface area contributed by atoms with Crippen molar-refractivity contribution in [2.24, 2.45) is 0 Å². The average Bonchev–Trinajstić information content (AvgIpc) is 2.77. The van der Waals surface area contributed by atoms with Gasteiger partial charge in [-0.05, 0) is 20.0 Å². The van der Waals surface area contributed by atoms with E-state index in [4.69, 9.17) is 13.8 Å². The van der Waals surface area contributed by atoms with Crippen LogP contribution in [-0.2, 0) is 18.3 Å². The van der Waals surface area contributed by atoms with Crippen LogP contribution in [0, 0.1) is 0 Å². The predicted octanol–water partition coefficient (Wildman–Crippen LogP) is 7.03. The second kappa shape index (κ2) is 22.9. The smallest absolute Gasteiger partial charge is 0.382 e. The molecule has 1 unspecified atom stereocenters. The molecule has 0 bridgehead atoms. The lowest BCUT2D eigenvalue weighted by atomic mass is 10.0. The average molecular weight is 538 g/mol. The number of hydrogen-bond acceptors (Lipinski definition) is 5. The summed E-state index contributed by atoms with van der Waals surface area (Å²) in [4.78, 5) is 12.2. The van der Waals surface area contributed by atoms with Crippen molar-refractivity contribution in [2.45, 2.75) is 116 Å². The van der Waals surface area contributed by atoms with Gasteiger partial charge in [0.25, 0.3) is 0 Å². The Balaban J connectivity index is 3.76. The van der Waals surface area contributed by atoms with Crippen molar-refractivity contribution in [2.75, 3.05) is 68.1 Å². The fourth-order valence-corrected chi connectivity index (χ4v) is 5.20. The fourth-order valence-electron chi connectivity index (χ4n) is 4.32. The third kappa shape index (κ3) is 25.6. The molecular formula is C28H62N2O5P+. The highest BCUT2D eigenvalue weighted by atomic mass is 31.2. The summed E-state index contributed by atoms with van der Waals surface area (Å²) >= 11 is 0. The van der Waals surface area contributed by atoms with E-state index < -0.39 is 13.9 Å². The van der Waals surface area contributed by atoms with Crippen LogP contribution in [0.25, 0.3) is 0 Å². The molecule has 0 rings (SSSR count). The van der Waals surface area contributed by atoms with Crippen LogP contribution in [0.4, 0.5) is 0 Å². The lowest BCUT2D eigenvalue weighted by Gasteiger charge is -2.26. The first-order valence-electron chi connectivity index (χ1n) is 14.7. The standard InChI is InChI=1S/C28H61N2O5P/c1-7-8-9-10-11-12-13-14-15-16-17-18-19-20-21-22-23-29(2)26-28(27-33-6)35-36(31,32)34-25-24-30(3,4)5/h28H,7-27H2,1-6H3/p+1/t28-/m1/s1. The van der Waals surface area contributed by atoms with Crippen molar-refractivity contribution in [1.29, 1.82) is 0 Å². The number of phosphoric acid groups is 1. The predicted molar refractivity (Wildman–Crippen MR) is 152 cm³/mol. The Bertz CT molecular complexity index is 531. The first-order chi connectivity index (χ1) is 17.1. The van der Waals surface area contributed by atoms with Crippen molar-refractivity contribution < 1.29 is 27.7 Å². The van der Waals surface area contributed by atoms with Crippen molar-refractivity contribution >= 4 is 7.82 Å². The molecule has 0 aromatic heterocycles. The van der Waals surface area contributed by atoms with Gasteiger partial charge in [-0.2, -0.15) is 0 Å². The SMILES string of the molecule is CCCCCCCCCCCCCCCCCCN(C)C[C@H](COC)OP(=O)(O)OCC[N+](C)(C)C. The maximum Gasteiger partial charge on any atom is 0.472 e. The minimum atomic E-state index is -4.10. The number of quaternary nitrogens is 1. The number of hydrogen-bond donors (Lipinski definition) is 1. The molecule has 8 heteroatoms. The molecule has 0 spiro atoms. The van der Waals surface area contributed by atoms with Crippen LogP contribution in [-0.4, -0.2) is 88.5 Å². The van der Waals surface area contributed by atoms with Gasteiger partial charge in [0.2, 0.25) is 0 Å². The molecule has 0 aromatic rings. The Morgan fingerprint density at radius 3 is 1.67 bits per heavy atom. The first-order valence-corrected chi connectivity index (χ1v) is 16.2. The summed E-state index contributed by atoms with van der Waals surface area (Å²) in [5.41, 5.74) is 0. The van der Waals surface area contributed by atoms with Crippen LogP contribution in [0.15, 0.2) is 0 Å². The minimum absolute atomic E-state index is 0.173. The van der Waals surface area contributed by atoms with E-state index in [0.717, 1.165) is 13.0 Å². The van der Waals surface area contributed by atoms with Gasteiger partial charge >= 0.3 is 7.82 Å². The molecule has 218 valence electrons. The second-order valence-electron chi connectivity index (χ2n) is 11.6. The highest BCUT2D eigenvalue weighted by molar-refractivity contribution is 7.47. The van der Waals surface area contributed by atoms with Gasteiger partial charge in [-0.15, -0.1) is 0 Å². The molecule has 0 amide bonds. The monoisotopic (exact) mass is 537 g/mol. The number of unbranched alkanes of at least 4 members (excludes halogenated alkanes) is 15. The molecule has 0 saturated carbocycles. The summed E-state index contributed by atoms with van der Waals surface area (Å²) in [6.07, 6.45) is 21.3. The topological polar surface area (TPSA) is 68.2 Å². The summed E-state index contributed by atoms with van der Waals surface area (Å²) in [6.45, 7) is 4.82. The van der Waals surface area contributed by atoms with Gasteiger partial charge in [0.1, 0.15) is 19.3 Å². The van der Waals surface area contributed by atoms with Gasteiger partial charge in [0, 0.05) is 13.7 Å². The Morgan fingerprint density at radius 1 is 0.806 bits per heavy atom. The quantitative estimate of drug-likeness (QED) is 0.0689. The third-order valence-corrected chi connectivity index (χ3v) is 7.63. The lowest BCUT2D eigenvalue weighted by molar-refractivity contribution is -0.870. The Kier molecular flexibility index (Phi) is 22.9. The molecule has 36 heavy (non-hydrogen) atoms. The number of methoxy groups -OCH3 is 1. The Labute approximate surface area is 224 Å². The van der Waals surface area contributed by atoms with Crippen LogP contribution in [0.1, 0.15) is 110 Å². The van der Waals surface area contributed by atoms with E-state index in [1.807, 2.05) is 28.2 Å². The number of ether oxygens (including phenoxy) is 1. The van der Waals surface area contributed by atoms with Crippen molar-refractivity contribution in [3.8, 4) is 0 Å². The van der Waals surface area contributed by atoms with E-state index in [0.29, 0.717) is 17.6 Å². The van der Waals surface area contributed by atoms with Gasteiger partial charge in [-0.25, -0.2) is 4.57 Å². The van der Waals surface area contributed by atoms with Gasteiger partial charge in [0.15, 0.2) is 0 Å². The molecule has 0 aromatic carbocycles. The molecule has 0 aliphatic rings. The van der Waals surface area contributed by atoms with Gasteiger partial charge < -0.3 is 19.0 Å². The van der Waals surface area contributed by atoms with Gasteiger partial charge in [-0.1, -0.05) is 103 Å². The summed E-state index contributed by atoms with van der Waals surface area (Å²) < 4.78 is 28.7. The molecule has 1 N–H and O–H groups in total. The van der Waals surface area contributed by atoms with E-state index in [1.54, 1.807) is 7.11 Å². The van der Waals surface area contributed by atoms with Crippen LogP contribution < -0.4 is 0 Å². The lowest BCUT2D eigenvalue weighted by Crippen LogP contribution is -2.37. The zero-order chi connectivity index (χ0) is 27.1. The number of likely N-dealkylation sites (N-methyl/N-ethyl adjacent to an activating group) is 2. The highest BCUT2D eigenvalue weighted by Crippen LogP contribution is 2.44. The number of phosphoric ester groups is 1. The van der Waals surface area contributed by atoms with Crippen molar-refractivity contribution in [3.05, 3.63) is 0 Å². The third-order valence-electron chi connectivity index (χ3n) is 6.56. The summed E-state index contributed by atoms with van der Waals surface area (Å²) in [7, 11) is 5.52. The zero-order valence-corrected chi connectivity index (χ0v) is 25.7. The number of nitrogens with zero attached hydrogens (tertiary/aromatic N) is 2. The van der Waals surface area contributed by atoms with Gasteiger partial charge in [0.05, 0.1) is 27.7 Å². The van der Waals surface area contributed by atoms with Crippen LogP contribution in [0.2, 0.25) is 0 Å². The highest BCUT2D eigenvalue weighted by Gasteiger charge is 2.28. The molecule has 0 saturated heterocycles. The van der Waals surface area contributed by atoms with Crippen LogP contribution in [0.5, 0.6) is 0 Å². The maximum atomic E-state index is 12.3. The molecule has 7 nitrogen and oxygen atoms in total. The van der Waals surface area contributed by atoms with Crippen LogP contribution in [0.3, 0.4) is 0 Å².